The maximum Gasteiger partial charge on any atom is 0.314 e. The highest BCUT2D eigenvalue weighted by Gasteiger charge is 2.15. The fourth-order valence-electron chi connectivity index (χ4n) is 2.27. The van der Waals surface area contributed by atoms with Gasteiger partial charge in [0.1, 0.15) is 0 Å². The van der Waals surface area contributed by atoms with Crippen molar-refractivity contribution in [1.29, 1.82) is 0 Å². The average Bonchev–Trinajstić information content (AvgIpc) is 2.59. The van der Waals surface area contributed by atoms with Crippen LogP contribution in [0.1, 0.15) is 13.8 Å². The van der Waals surface area contributed by atoms with Crippen molar-refractivity contribution in [2.45, 2.75) is 13.8 Å². The van der Waals surface area contributed by atoms with Gasteiger partial charge < -0.3 is 15.5 Å². The SMILES string of the molecule is CCN(CC)c1ccc(NC(=O)C(=O)Nc2ccccc2Cl)cc1. The van der Waals surface area contributed by atoms with Gasteiger partial charge in [0.15, 0.2) is 0 Å². The second kappa shape index (κ2) is 8.36. The maximum atomic E-state index is 12.0. The number of anilines is 3. The number of hydrogen-bond acceptors (Lipinski definition) is 3. The molecule has 0 bridgehead atoms. The Morgan fingerprint density at radius 2 is 1.50 bits per heavy atom. The Labute approximate surface area is 146 Å². The molecule has 0 unspecified atom stereocenters. The molecule has 2 aromatic rings. The standard InChI is InChI=1S/C18H20ClN3O2/c1-3-22(4-2)14-11-9-13(10-12-14)20-17(23)18(24)21-16-8-6-5-7-15(16)19/h5-12H,3-4H2,1-2H3,(H,20,23)(H,21,24). The van der Waals surface area contributed by atoms with Gasteiger partial charge in [-0.2, -0.15) is 0 Å². The lowest BCUT2D eigenvalue weighted by molar-refractivity contribution is -0.132. The molecule has 0 heterocycles. The molecule has 6 heteroatoms. The van der Waals surface area contributed by atoms with Gasteiger partial charge in [-0.3, -0.25) is 9.59 Å². The Bertz CT molecular complexity index is 712. The highest BCUT2D eigenvalue weighted by atomic mass is 35.5. The number of carbonyl (C=O) groups is 2. The summed E-state index contributed by atoms with van der Waals surface area (Å²) in [6.07, 6.45) is 0. The summed E-state index contributed by atoms with van der Waals surface area (Å²) in [6, 6.07) is 14.1. The van der Waals surface area contributed by atoms with Crippen LogP contribution < -0.4 is 15.5 Å². The lowest BCUT2D eigenvalue weighted by Crippen LogP contribution is -2.29. The van der Waals surface area contributed by atoms with Gasteiger partial charge in [-0.05, 0) is 50.2 Å². The molecule has 126 valence electrons. The highest BCUT2D eigenvalue weighted by molar-refractivity contribution is 6.44. The number of benzene rings is 2. The van der Waals surface area contributed by atoms with E-state index >= 15 is 0 Å². The largest absolute Gasteiger partial charge is 0.372 e. The molecule has 5 nitrogen and oxygen atoms in total. The Balaban J connectivity index is 1.99. The van der Waals surface area contributed by atoms with Crippen LogP contribution >= 0.6 is 11.6 Å². The van der Waals surface area contributed by atoms with Crippen molar-refractivity contribution in [3.8, 4) is 0 Å². The Hall–Kier alpha value is -2.53. The summed E-state index contributed by atoms with van der Waals surface area (Å²) in [7, 11) is 0. The average molecular weight is 346 g/mol. The number of nitrogens with one attached hydrogen (secondary N) is 2. The molecule has 0 radical (unpaired) electrons. The lowest BCUT2D eigenvalue weighted by atomic mass is 10.2. The van der Waals surface area contributed by atoms with Crippen molar-refractivity contribution in [2.75, 3.05) is 28.6 Å². The fourth-order valence-corrected chi connectivity index (χ4v) is 2.46. The van der Waals surface area contributed by atoms with E-state index in [9.17, 15) is 9.59 Å². The fraction of sp³-hybridized carbons (Fsp3) is 0.222. The van der Waals surface area contributed by atoms with Gasteiger partial charge in [-0.25, -0.2) is 0 Å². The summed E-state index contributed by atoms with van der Waals surface area (Å²) in [4.78, 5) is 26.1. The summed E-state index contributed by atoms with van der Waals surface area (Å²) in [5.74, 6) is -1.51. The van der Waals surface area contributed by atoms with Crippen molar-refractivity contribution in [2.24, 2.45) is 0 Å². The van der Waals surface area contributed by atoms with Crippen molar-refractivity contribution in [1.82, 2.24) is 0 Å². The van der Waals surface area contributed by atoms with Crippen LogP contribution in [0.3, 0.4) is 0 Å². The van der Waals surface area contributed by atoms with E-state index in [0.717, 1.165) is 18.8 Å². The topological polar surface area (TPSA) is 61.4 Å². The summed E-state index contributed by atoms with van der Waals surface area (Å²) in [5.41, 5.74) is 2.03. The smallest absolute Gasteiger partial charge is 0.314 e. The maximum absolute atomic E-state index is 12.0. The molecule has 0 aliphatic carbocycles. The molecule has 0 saturated carbocycles. The Morgan fingerprint density at radius 3 is 2.08 bits per heavy atom. The molecule has 0 spiro atoms. The van der Waals surface area contributed by atoms with Gasteiger partial charge in [0, 0.05) is 24.5 Å². The Kier molecular flexibility index (Phi) is 6.21. The van der Waals surface area contributed by atoms with Crippen molar-refractivity contribution >= 4 is 40.5 Å². The summed E-state index contributed by atoms with van der Waals surface area (Å²) in [5, 5.41) is 5.43. The molecule has 24 heavy (non-hydrogen) atoms. The first-order valence-electron chi connectivity index (χ1n) is 7.77. The van der Waals surface area contributed by atoms with Crippen LogP contribution in [0.25, 0.3) is 0 Å². The first kappa shape index (κ1) is 17.8. The summed E-state index contributed by atoms with van der Waals surface area (Å²) in [6.45, 7) is 5.97. The van der Waals surface area contributed by atoms with Gasteiger partial charge in [0.25, 0.3) is 0 Å². The normalized spacial score (nSPS) is 10.1. The first-order chi connectivity index (χ1) is 11.5. The zero-order valence-corrected chi connectivity index (χ0v) is 14.4. The van der Waals surface area contributed by atoms with Crippen LogP contribution in [0.2, 0.25) is 5.02 Å². The van der Waals surface area contributed by atoms with Crippen molar-refractivity contribution < 1.29 is 9.59 Å². The molecule has 0 atom stereocenters. The van der Waals surface area contributed by atoms with E-state index in [-0.39, 0.29) is 0 Å². The molecular formula is C18H20ClN3O2. The number of carbonyl (C=O) groups excluding carboxylic acids is 2. The molecule has 2 aromatic carbocycles. The second-order valence-corrected chi connectivity index (χ2v) is 5.51. The third-order valence-electron chi connectivity index (χ3n) is 3.58. The molecule has 2 rings (SSSR count). The summed E-state index contributed by atoms with van der Waals surface area (Å²) < 4.78 is 0. The molecule has 0 aromatic heterocycles. The van der Waals surface area contributed by atoms with Crippen LogP contribution in [-0.2, 0) is 9.59 Å². The monoisotopic (exact) mass is 345 g/mol. The van der Waals surface area contributed by atoms with Crippen molar-refractivity contribution in [3.63, 3.8) is 0 Å². The quantitative estimate of drug-likeness (QED) is 0.811. The van der Waals surface area contributed by atoms with E-state index in [1.165, 1.54) is 0 Å². The van der Waals surface area contributed by atoms with Gasteiger partial charge in [0.2, 0.25) is 0 Å². The van der Waals surface area contributed by atoms with E-state index in [1.54, 1.807) is 36.4 Å². The van der Waals surface area contributed by atoms with Gasteiger partial charge in [-0.1, -0.05) is 23.7 Å². The molecule has 2 N–H and O–H groups in total. The van der Waals surface area contributed by atoms with Crippen LogP contribution in [0.4, 0.5) is 17.1 Å². The van der Waals surface area contributed by atoms with Gasteiger partial charge in [0.05, 0.1) is 10.7 Å². The number of rotatable bonds is 5. The minimum Gasteiger partial charge on any atom is -0.372 e. The van der Waals surface area contributed by atoms with E-state index in [4.69, 9.17) is 11.6 Å². The number of amides is 2. The molecule has 0 saturated heterocycles. The van der Waals surface area contributed by atoms with Crippen LogP contribution in [-0.4, -0.2) is 24.9 Å². The third-order valence-corrected chi connectivity index (χ3v) is 3.91. The van der Waals surface area contributed by atoms with Gasteiger partial charge in [-0.15, -0.1) is 0 Å². The van der Waals surface area contributed by atoms with Crippen molar-refractivity contribution in [3.05, 3.63) is 53.6 Å². The van der Waals surface area contributed by atoms with E-state index in [2.05, 4.69) is 29.4 Å². The number of hydrogen-bond donors (Lipinski definition) is 2. The molecular weight excluding hydrogens is 326 g/mol. The van der Waals surface area contributed by atoms with Crippen LogP contribution in [0.15, 0.2) is 48.5 Å². The second-order valence-electron chi connectivity index (χ2n) is 5.11. The van der Waals surface area contributed by atoms with E-state index in [1.807, 2.05) is 12.1 Å². The highest BCUT2D eigenvalue weighted by Crippen LogP contribution is 2.21. The third kappa shape index (κ3) is 4.49. The lowest BCUT2D eigenvalue weighted by Gasteiger charge is -2.21. The molecule has 0 aliphatic heterocycles. The minimum absolute atomic E-state index is 0.377. The zero-order valence-electron chi connectivity index (χ0n) is 13.7. The molecule has 0 aliphatic rings. The summed E-state index contributed by atoms with van der Waals surface area (Å²) >= 11 is 5.96. The van der Waals surface area contributed by atoms with Crippen LogP contribution in [0.5, 0.6) is 0 Å². The predicted octanol–water partition coefficient (Wildman–Crippen LogP) is 3.76. The van der Waals surface area contributed by atoms with E-state index in [0.29, 0.717) is 16.4 Å². The first-order valence-corrected chi connectivity index (χ1v) is 8.14. The molecule has 0 fully saturated rings. The number of halogens is 1. The minimum atomic E-state index is -0.768. The van der Waals surface area contributed by atoms with Crippen LogP contribution in [0, 0.1) is 0 Å². The molecule has 2 amide bonds. The number of nitrogens with zero attached hydrogens (tertiary/aromatic N) is 1. The Morgan fingerprint density at radius 1 is 0.917 bits per heavy atom. The predicted molar refractivity (Wildman–Crippen MR) is 98.7 cm³/mol. The van der Waals surface area contributed by atoms with E-state index < -0.39 is 11.8 Å². The zero-order chi connectivity index (χ0) is 17.5. The number of para-hydroxylation sites is 1. The van der Waals surface area contributed by atoms with Gasteiger partial charge >= 0.3 is 11.8 Å².